The lowest BCUT2D eigenvalue weighted by Gasteiger charge is -2.05. The van der Waals surface area contributed by atoms with E-state index in [2.05, 4.69) is 29.3 Å². The van der Waals surface area contributed by atoms with Gasteiger partial charge < -0.3 is 10.6 Å². The lowest BCUT2D eigenvalue weighted by atomic mass is 10.1. The van der Waals surface area contributed by atoms with Gasteiger partial charge in [0.15, 0.2) is 0 Å². The molecule has 1 aromatic carbocycles. The average molecular weight is 230 g/mol. The third kappa shape index (κ3) is 3.43. The summed E-state index contributed by atoms with van der Waals surface area (Å²) in [6.45, 7) is 4.62. The Morgan fingerprint density at radius 2 is 2.18 bits per heavy atom. The Morgan fingerprint density at radius 3 is 2.88 bits per heavy atom. The maximum absolute atomic E-state index is 11.5. The zero-order valence-corrected chi connectivity index (χ0v) is 9.86. The largest absolute Gasteiger partial charge is 0.352 e. The molecule has 1 amide bonds. The Labute approximate surface area is 102 Å². The number of benzene rings is 1. The molecule has 1 aliphatic rings. The maximum atomic E-state index is 11.5. The highest BCUT2D eigenvalue weighted by molar-refractivity contribution is 5.79. The van der Waals surface area contributed by atoms with E-state index < -0.39 is 0 Å². The van der Waals surface area contributed by atoms with Crippen LogP contribution in [0.4, 0.5) is 0 Å². The Bertz CT molecular complexity index is 388. The normalized spacial score (nSPS) is 21.9. The number of amides is 1. The van der Waals surface area contributed by atoms with Crippen LogP contribution in [0, 0.1) is 0 Å². The van der Waals surface area contributed by atoms with Gasteiger partial charge in [0.05, 0.1) is 6.54 Å². The standard InChI is InChI=1S/C14H18N2O/c1-2-8-15-10-14(17)16-13-9-12(13)11-6-4-3-5-7-11/h2-7,12-13,15H,1,8-10H2,(H,16,17). The van der Waals surface area contributed by atoms with Crippen molar-refractivity contribution in [3.05, 3.63) is 48.6 Å². The topological polar surface area (TPSA) is 41.1 Å². The van der Waals surface area contributed by atoms with Crippen LogP contribution in [-0.4, -0.2) is 25.0 Å². The molecule has 1 saturated carbocycles. The highest BCUT2D eigenvalue weighted by atomic mass is 16.2. The first-order valence-corrected chi connectivity index (χ1v) is 5.97. The van der Waals surface area contributed by atoms with Crippen LogP contribution in [0.3, 0.4) is 0 Å². The summed E-state index contributed by atoms with van der Waals surface area (Å²) in [5.41, 5.74) is 1.32. The van der Waals surface area contributed by atoms with E-state index in [1.807, 2.05) is 18.2 Å². The van der Waals surface area contributed by atoms with E-state index in [-0.39, 0.29) is 5.91 Å². The minimum absolute atomic E-state index is 0.0651. The molecule has 3 nitrogen and oxygen atoms in total. The third-order valence-corrected chi connectivity index (χ3v) is 2.94. The fraction of sp³-hybridized carbons (Fsp3) is 0.357. The second-order valence-corrected chi connectivity index (χ2v) is 4.35. The van der Waals surface area contributed by atoms with E-state index in [9.17, 15) is 4.79 Å². The van der Waals surface area contributed by atoms with Crippen molar-refractivity contribution in [3.63, 3.8) is 0 Å². The third-order valence-electron chi connectivity index (χ3n) is 2.94. The van der Waals surface area contributed by atoms with Crippen LogP contribution in [0.1, 0.15) is 17.9 Å². The monoisotopic (exact) mass is 230 g/mol. The Balaban J connectivity index is 1.73. The van der Waals surface area contributed by atoms with Crippen LogP contribution in [-0.2, 0) is 4.79 Å². The highest BCUT2D eigenvalue weighted by Crippen LogP contribution is 2.40. The first kappa shape index (κ1) is 11.9. The van der Waals surface area contributed by atoms with Crippen LogP contribution in [0.2, 0.25) is 0 Å². The van der Waals surface area contributed by atoms with Crippen LogP contribution in [0.25, 0.3) is 0 Å². The molecular weight excluding hydrogens is 212 g/mol. The molecular formula is C14H18N2O. The summed E-state index contributed by atoms with van der Waals surface area (Å²) in [5, 5.41) is 6.02. The molecule has 0 aliphatic heterocycles. The molecule has 0 aromatic heterocycles. The van der Waals surface area contributed by atoms with Crippen molar-refractivity contribution in [1.82, 2.24) is 10.6 Å². The molecule has 0 radical (unpaired) electrons. The van der Waals surface area contributed by atoms with E-state index in [0.29, 0.717) is 25.0 Å². The van der Waals surface area contributed by atoms with Gasteiger partial charge in [-0.3, -0.25) is 4.79 Å². The Kier molecular flexibility index (Phi) is 3.94. The van der Waals surface area contributed by atoms with Gasteiger partial charge in [0.2, 0.25) is 5.91 Å². The molecule has 0 heterocycles. The van der Waals surface area contributed by atoms with Crippen LogP contribution in [0.15, 0.2) is 43.0 Å². The van der Waals surface area contributed by atoms with Gasteiger partial charge in [0, 0.05) is 18.5 Å². The average Bonchev–Trinajstić information content (AvgIpc) is 3.10. The minimum Gasteiger partial charge on any atom is -0.352 e. The first-order valence-electron chi connectivity index (χ1n) is 5.97. The second-order valence-electron chi connectivity index (χ2n) is 4.35. The molecule has 2 N–H and O–H groups in total. The first-order chi connectivity index (χ1) is 8.31. The highest BCUT2D eigenvalue weighted by Gasteiger charge is 2.39. The van der Waals surface area contributed by atoms with Gasteiger partial charge in [-0.15, -0.1) is 6.58 Å². The van der Waals surface area contributed by atoms with E-state index in [1.165, 1.54) is 5.56 Å². The quantitative estimate of drug-likeness (QED) is 0.573. The number of hydrogen-bond acceptors (Lipinski definition) is 2. The summed E-state index contributed by atoms with van der Waals surface area (Å²) in [7, 11) is 0. The molecule has 0 spiro atoms. The van der Waals surface area contributed by atoms with E-state index in [1.54, 1.807) is 6.08 Å². The fourth-order valence-electron chi connectivity index (χ4n) is 1.97. The molecule has 2 rings (SSSR count). The maximum Gasteiger partial charge on any atom is 0.234 e. The zero-order chi connectivity index (χ0) is 12.1. The number of hydrogen-bond donors (Lipinski definition) is 2. The van der Waals surface area contributed by atoms with Gasteiger partial charge in [-0.05, 0) is 12.0 Å². The van der Waals surface area contributed by atoms with Crippen LogP contribution < -0.4 is 10.6 Å². The van der Waals surface area contributed by atoms with Gasteiger partial charge in [0.1, 0.15) is 0 Å². The zero-order valence-electron chi connectivity index (χ0n) is 9.86. The summed E-state index contributed by atoms with van der Waals surface area (Å²) < 4.78 is 0. The summed E-state index contributed by atoms with van der Waals surface area (Å²) in [4.78, 5) is 11.5. The fourth-order valence-corrected chi connectivity index (χ4v) is 1.97. The Morgan fingerprint density at radius 1 is 1.41 bits per heavy atom. The summed E-state index contributed by atoms with van der Waals surface area (Å²) in [5.74, 6) is 0.565. The van der Waals surface area contributed by atoms with Crippen molar-refractivity contribution in [2.45, 2.75) is 18.4 Å². The molecule has 0 saturated heterocycles. The summed E-state index contributed by atoms with van der Waals surface area (Å²) in [6, 6.07) is 10.6. The van der Waals surface area contributed by atoms with Crippen molar-refractivity contribution in [2.24, 2.45) is 0 Å². The smallest absolute Gasteiger partial charge is 0.234 e. The number of carbonyl (C=O) groups excluding carboxylic acids is 1. The van der Waals surface area contributed by atoms with Gasteiger partial charge in [-0.1, -0.05) is 36.4 Å². The van der Waals surface area contributed by atoms with Gasteiger partial charge in [-0.25, -0.2) is 0 Å². The van der Waals surface area contributed by atoms with Gasteiger partial charge in [-0.2, -0.15) is 0 Å². The predicted molar refractivity (Wildman–Crippen MR) is 68.8 cm³/mol. The van der Waals surface area contributed by atoms with Crippen LogP contribution in [0.5, 0.6) is 0 Å². The molecule has 1 aromatic rings. The van der Waals surface area contributed by atoms with Crippen molar-refractivity contribution >= 4 is 5.91 Å². The minimum atomic E-state index is 0.0651. The van der Waals surface area contributed by atoms with E-state index in [0.717, 1.165) is 6.42 Å². The number of rotatable bonds is 6. The van der Waals surface area contributed by atoms with Gasteiger partial charge >= 0.3 is 0 Å². The lowest BCUT2D eigenvalue weighted by molar-refractivity contribution is -0.120. The summed E-state index contributed by atoms with van der Waals surface area (Å²) >= 11 is 0. The van der Waals surface area contributed by atoms with Gasteiger partial charge in [0.25, 0.3) is 0 Å². The molecule has 1 fully saturated rings. The van der Waals surface area contributed by atoms with Crippen LogP contribution >= 0.6 is 0 Å². The van der Waals surface area contributed by atoms with E-state index >= 15 is 0 Å². The molecule has 3 heteroatoms. The van der Waals surface area contributed by atoms with E-state index in [4.69, 9.17) is 0 Å². The lowest BCUT2D eigenvalue weighted by Crippen LogP contribution is -2.35. The van der Waals surface area contributed by atoms with Crippen molar-refractivity contribution in [2.75, 3.05) is 13.1 Å². The molecule has 0 bridgehead atoms. The molecule has 90 valence electrons. The van der Waals surface area contributed by atoms with Crippen molar-refractivity contribution in [3.8, 4) is 0 Å². The number of carbonyl (C=O) groups is 1. The molecule has 2 unspecified atom stereocenters. The Hall–Kier alpha value is -1.61. The SMILES string of the molecule is C=CCNCC(=O)NC1CC1c1ccccc1. The predicted octanol–water partition coefficient (Wildman–Crippen LogP) is 1.43. The molecule has 2 atom stereocenters. The second kappa shape index (κ2) is 5.64. The number of nitrogens with one attached hydrogen (secondary N) is 2. The van der Waals surface area contributed by atoms with Crippen molar-refractivity contribution < 1.29 is 4.79 Å². The molecule has 1 aliphatic carbocycles. The summed E-state index contributed by atoms with van der Waals surface area (Å²) in [6.07, 6.45) is 2.80. The molecule has 17 heavy (non-hydrogen) atoms. The van der Waals surface area contributed by atoms with Crippen molar-refractivity contribution in [1.29, 1.82) is 0 Å².